The zero-order valence-electron chi connectivity index (χ0n) is 20.1. The fourth-order valence-electron chi connectivity index (χ4n) is 4.39. The van der Waals surface area contributed by atoms with Crippen LogP contribution in [0.1, 0.15) is 18.5 Å². The number of thiazole rings is 1. The Morgan fingerprint density at radius 2 is 1.97 bits per heavy atom. The van der Waals surface area contributed by atoms with Crippen molar-refractivity contribution in [2.75, 3.05) is 25.1 Å². The van der Waals surface area contributed by atoms with Crippen molar-refractivity contribution in [1.29, 1.82) is 0 Å². The van der Waals surface area contributed by atoms with Crippen molar-refractivity contribution in [3.63, 3.8) is 0 Å². The first-order chi connectivity index (χ1) is 17.9. The van der Waals surface area contributed by atoms with E-state index in [1.165, 1.54) is 45.9 Å². The molecule has 0 radical (unpaired) electrons. The normalized spacial score (nSPS) is 16.5. The van der Waals surface area contributed by atoms with E-state index >= 15 is 0 Å². The zero-order chi connectivity index (χ0) is 26.0. The monoisotopic (exact) mass is 540 g/mol. The maximum Gasteiger partial charge on any atom is 0.243 e. The number of methoxy groups -OCH3 is 1. The topological polar surface area (TPSA) is 92.7 Å². The van der Waals surface area contributed by atoms with Gasteiger partial charge in [-0.2, -0.15) is 4.31 Å². The SMILES string of the molecule is COc1ccc(S(=O)(=O)N2CCCC(C(=O)N(Cc3ccccn3)c3nc4c(F)cccc4s3)C2)cc1. The highest BCUT2D eigenvalue weighted by Gasteiger charge is 2.36. The molecule has 4 aromatic rings. The fourth-order valence-corrected chi connectivity index (χ4v) is 6.90. The molecular weight excluding hydrogens is 515 g/mol. The lowest BCUT2D eigenvalue weighted by Gasteiger charge is -2.33. The van der Waals surface area contributed by atoms with Crippen LogP contribution < -0.4 is 9.64 Å². The number of benzene rings is 2. The summed E-state index contributed by atoms with van der Waals surface area (Å²) in [6.07, 6.45) is 2.71. The zero-order valence-corrected chi connectivity index (χ0v) is 21.7. The third-order valence-electron chi connectivity index (χ3n) is 6.33. The van der Waals surface area contributed by atoms with E-state index in [1.54, 1.807) is 42.6 Å². The molecule has 3 heterocycles. The number of hydrogen-bond donors (Lipinski definition) is 0. The molecule has 1 unspecified atom stereocenters. The molecule has 5 rings (SSSR count). The molecular formula is C26H25FN4O4S2. The Morgan fingerprint density at radius 3 is 2.68 bits per heavy atom. The van der Waals surface area contributed by atoms with Gasteiger partial charge in [0.25, 0.3) is 0 Å². The second-order valence-corrected chi connectivity index (χ2v) is 11.7. The number of sulfonamides is 1. The van der Waals surface area contributed by atoms with E-state index in [1.807, 2.05) is 6.07 Å². The minimum atomic E-state index is -3.80. The first-order valence-electron chi connectivity index (χ1n) is 11.8. The molecule has 2 aromatic carbocycles. The first kappa shape index (κ1) is 25.2. The molecule has 2 aromatic heterocycles. The lowest BCUT2D eigenvalue weighted by molar-refractivity contribution is -0.123. The third kappa shape index (κ3) is 5.20. The average Bonchev–Trinajstić information content (AvgIpc) is 3.37. The minimum Gasteiger partial charge on any atom is -0.497 e. The van der Waals surface area contributed by atoms with E-state index in [0.717, 1.165) is 0 Å². The molecule has 1 aliphatic rings. The van der Waals surface area contributed by atoms with Crippen LogP contribution >= 0.6 is 11.3 Å². The summed E-state index contributed by atoms with van der Waals surface area (Å²) in [4.78, 5) is 24.3. The van der Waals surface area contributed by atoms with Crippen LogP contribution in [0.15, 0.2) is 71.8 Å². The van der Waals surface area contributed by atoms with Crippen molar-refractivity contribution in [2.24, 2.45) is 5.92 Å². The molecule has 0 aliphatic carbocycles. The van der Waals surface area contributed by atoms with Crippen LogP contribution in [0.4, 0.5) is 9.52 Å². The number of fused-ring (bicyclic) bond motifs is 1. The molecule has 0 spiro atoms. The number of carbonyl (C=O) groups is 1. The predicted molar refractivity (Wildman–Crippen MR) is 139 cm³/mol. The van der Waals surface area contributed by atoms with Gasteiger partial charge in [0.05, 0.1) is 34.9 Å². The van der Waals surface area contributed by atoms with Gasteiger partial charge in [-0.25, -0.2) is 17.8 Å². The number of carbonyl (C=O) groups excluding carboxylic acids is 1. The number of hydrogen-bond acceptors (Lipinski definition) is 7. The van der Waals surface area contributed by atoms with Crippen molar-refractivity contribution in [3.8, 4) is 5.75 Å². The van der Waals surface area contributed by atoms with Crippen molar-refractivity contribution in [1.82, 2.24) is 14.3 Å². The van der Waals surface area contributed by atoms with Gasteiger partial charge in [-0.1, -0.05) is 23.5 Å². The van der Waals surface area contributed by atoms with Crippen molar-refractivity contribution >= 4 is 42.6 Å². The number of nitrogens with zero attached hydrogens (tertiary/aromatic N) is 4. The van der Waals surface area contributed by atoms with Crippen molar-refractivity contribution in [2.45, 2.75) is 24.3 Å². The van der Waals surface area contributed by atoms with Crippen molar-refractivity contribution < 1.29 is 22.3 Å². The van der Waals surface area contributed by atoms with E-state index in [4.69, 9.17) is 4.74 Å². The predicted octanol–water partition coefficient (Wildman–Crippen LogP) is 4.47. The number of amides is 1. The third-order valence-corrected chi connectivity index (χ3v) is 9.26. The summed E-state index contributed by atoms with van der Waals surface area (Å²) in [6.45, 7) is 0.513. The van der Waals surface area contributed by atoms with Crippen LogP contribution in [0.3, 0.4) is 0 Å². The van der Waals surface area contributed by atoms with Gasteiger partial charge in [-0.3, -0.25) is 14.7 Å². The molecule has 1 aliphatic heterocycles. The van der Waals surface area contributed by atoms with Gasteiger partial charge < -0.3 is 4.74 Å². The molecule has 37 heavy (non-hydrogen) atoms. The Hall–Kier alpha value is -3.41. The number of anilines is 1. The lowest BCUT2D eigenvalue weighted by atomic mass is 9.98. The number of aromatic nitrogens is 2. The van der Waals surface area contributed by atoms with Crippen LogP contribution in [0.5, 0.6) is 5.75 Å². The molecule has 8 nitrogen and oxygen atoms in total. The fraction of sp³-hybridized carbons (Fsp3) is 0.269. The number of piperidine rings is 1. The van der Waals surface area contributed by atoms with Gasteiger partial charge in [0, 0.05) is 19.3 Å². The van der Waals surface area contributed by atoms with E-state index in [0.29, 0.717) is 40.7 Å². The lowest BCUT2D eigenvalue weighted by Crippen LogP contribution is -2.46. The second kappa shape index (κ2) is 10.5. The Bertz CT molecular complexity index is 1510. The number of ether oxygens (including phenoxy) is 1. The quantitative estimate of drug-likeness (QED) is 0.343. The summed E-state index contributed by atoms with van der Waals surface area (Å²) in [5, 5.41) is 0.353. The molecule has 192 valence electrons. The molecule has 11 heteroatoms. The highest BCUT2D eigenvalue weighted by atomic mass is 32.2. The number of halogens is 1. The van der Waals surface area contributed by atoms with Crippen molar-refractivity contribution in [3.05, 3.63) is 78.4 Å². The van der Waals surface area contributed by atoms with Crippen LogP contribution in [0.25, 0.3) is 10.2 Å². The minimum absolute atomic E-state index is 0.0468. The Balaban J connectivity index is 1.44. The first-order valence-corrected chi connectivity index (χ1v) is 14.0. The molecule has 0 bridgehead atoms. The summed E-state index contributed by atoms with van der Waals surface area (Å²) in [6, 6.07) is 16.3. The number of pyridine rings is 1. The van der Waals surface area contributed by atoms with Crippen LogP contribution in [-0.2, 0) is 21.4 Å². The standard InChI is InChI=1S/C26H25FN4O4S2/c1-35-20-10-12-21(13-11-20)37(33,34)30-15-5-6-18(16-30)25(32)31(17-19-7-2-3-14-28-19)26-29-24-22(27)8-4-9-23(24)36-26/h2-4,7-14,18H,5-6,15-17H2,1H3. The van der Waals surface area contributed by atoms with E-state index in [9.17, 15) is 17.6 Å². The van der Waals surface area contributed by atoms with Gasteiger partial charge >= 0.3 is 0 Å². The Morgan fingerprint density at radius 1 is 1.16 bits per heavy atom. The molecule has 1 fully saturated rings. The summed E-state index contributed by atoms with van der Waals surface area (Å²) in [5.41, 5.74) is 0.850. The summed E-state index contributed by atoms with van der Waals surface area (Å²) >= 11 is 1.22. The van der Waals surface area contributed by atoms with E-state index in [2.05, 4.69) is 9.97 Å². The molecule has 1 amide bonds. The van der Waals surface area contributed by atoms with Gasteiger partial charge in [-0.05, 0) is 61.4 Å². The molecule has 0 N–H and O–H groups in total. The molecule has 1 atom stereocenters. The largest absolute Gasteiger partial charge is 0.497 e. The van der Waals surface area contributed by atoms with Crippen LogP contribution in [-0.4, -0.2) is 48.8 Å². The average molecular weight is 541 g/mol. The summed E-state index contributed by atoms with van der Waals surface area (Å²) < 4.78 is 48.2. The molecule has 0 saturated carbocycles. The van der Waals surface area contributed by atoms with E-state index < -0.39 is 21.8 Å². The summed E-state index contributed by atoms with van der Waals surface area (Å²) in [5.74, 6) is -0.746. The maximum absolute atomic E-state index is 14.4. The highest BCUT2D eigenvalue weighted by Crippen LogP contribution is 2.33. The van der Waals surface area contributed by atoms with Gasteiger partial charge in [-0.15, -0.1) is 0 Å². The van der Waals surface area contributed by atoms with Crippen LogP contribution in [0, 0.1) is 11.7 Å². The summed E-state index contributed by atoms with van der Waals surface area (Å²) in [7, 11) is -2.28. The van der Waals surface area contributed by atoms with Crippen LogP contribution in [0.2, 0.25) is 0 Å². The molecule has 1 saturated heterocycles. The van der Waals surface area contributed by atoms with Gasteiger partial charge in [0.2, 0.25) is 15.9 Å². The smallest absolute Gasteiger partial charge is 0.243 e. The highest BCUT2D eigenvalue weighted by molar-refractivity contribution is 7.89. The Labute approximate surface area is 218 Å². The number of para-hydroxylation sites is 1. The van der Waals surface area contributed by atoms with Gasteiger partial charge in [0.1, 0.15) is 17.1 Å². The van der Waals surface area contributed by atoms with Gasteiger partial charge in [0.15, 0.2) is 5.13 Å². The maximum atomic E-state index is 14.4. The number of rotatable bonds is 7. The Kier molecular flexibility index (Phi) is 7.18. The van der Waals surface area contributed by atoms with E-state index in [-0.39, 0.29) is 29.4 Å². The second-order valence-electron chi connectivity index (χ2n) is 8.71.